The molecule has 0 radical (unpaired) electrons. The number of hydrogen-bond donors (Lipinski definition) is 0. The van der Waals surface area contributed by atoms with Gasteiger partial charge in [-0.1, -0.05) is 0 Å². The maximum atomic E-state index is 4.13. The highest BCUT2D eigenvalue weighted by Crippen LogP contribution is 2.15. The van der Waals surface area contributed by atoms with Crippen molar-refractivity contribution in [1.82, 2.24) is 9.61 Å². The van der Waals surface area contributed by atoms with Gasteiger partial charge in [0.05, 0.1) is 5.52 Å². The third-order valence-electron chi connectivity index (χ3n) is 1.67. The molecule has 0 bridgehead atoms. The lowest BCUT2D eigenvalue weighted by Gasteiger charge is -1.97. The largest absolute Gasteiger partial charge is 0.240 e. The zero-order valence-electron chi connectivity index (χ0n) is 6.08. The van der Waals surface area contributed by atoms with E-state index in [9.17, 15) is 0 Å². The maximum absolute atomic E-state index is 4.13. The van der Waals surface area contributed by atoms with Crippen molar-refractivity contribution in [3.63, 3.8) is 0 Å². The van der Waals surface area contributed by atoms with Crippen LogP contribution in [0.25, 0.3) is 5.52 Å². The molecule has 0 atom stereocenters. The van der Waals surface area contributed by atoms with Crippen LogP contribution in [0.2, 0.25) is 0 Å². The fourth-order valence-electron chi connectivity index (χ4n) is 1.16. The van der Waals surface area contributed by atoms with Crippen LogP contribution in [-0.2, 0) is 0 Å². The summed E-state index contributed by atoms with van der Waals surface area (Å²) in [6.45, 7) is 2.07. The molecule has 2 aromatic heterocycles. The molecular weight excluding hydrogens is 204 g/mol. The number of nitrogens with zero attached hydrogens (tertiary/aromatic N) is 2. The van der Waals surface area contributed by atoms with E-state index in [4.69, 9.17) is 0 Å². The molecule has 0 saturated carbocycles. The van der Waals surface area contributed by atoms with Crippen LogP contribution in [0, 0.1) is 6.92 Å². The minimum atomic E-state index is 1.06. The molecule has 0 aliphatic heterocycles. The Hall–Kier alpha value is -0.830. The van der Waals surface area contributed by atoms with E-state index in [0.717, 1.165) is 9.99 Å². The Bertz CT molecular complexity index is 392. The molecule has 3 heteroatoms. The molecule has 2 aromatic rings. The van der Waals surface area contributed by atoms with Gasteiger partial charge in [0.15, 0.2) is 0 Å². The highest BCUT2D eigenvalue weighted by molar-refractivity contribution is 9.10. The van der Waals surface area contributed by atoms with Gasteiger partial charge < -0.3 is 0 Å². The lowest BCUT2D eigenvalue weighted by Crippen LogP contribution is -1.88. The number of rotatable bonds is 0. The molecule has 0 aromatic carbocycles. The first-order valence-electron chi connectivity index (χ1n) is 3.37. The standard InChI is InChI=1S/C8H7BrN2/c1-6-4-7(9)5-11-8(6)2-3-10-11/h2-5H,1H3. The minimum Gasteiger partial charge on any atom is -0.240 e. The predicted octanol–water partition coefficient (Wildman–Crippen LogP) is 2.41. The molecule has 0 fully saturated rings. The van der Waals surface area contributed by atoms with Crippen LogP contribution < -0.4 is 0 Å². The normalized spacial score (nSPS) is 10.7. The van der Waals surface area contributed by atoms with Gasteiger partial charge >= 0.3 is 0 Å². The smallest absolute Gasteiger partial charge is 0.0691 e. The van der Waals surface area contributed by atoms with Gasteiger partial charge in [-0.15, -0.1) is 0 Å². The molecule has 0 amide bonds. The van der Waals surface area contributed by atoms with Gasteiger partial charge in [-0.3, -0.25) is 0 Å². The van der Waals surface area contributed by atoms with Gasteiger partial charge in [0.25, 0.3) is 0 Å². The molecule has 0 unspecified atom stereocenters. The van der Waals surface area contributed by atoms with Gasteiger partial charge in [-0.05, 0) is 40.5 Å². The fraction of sp³-hybridized carbons (Fsp3) is 0.125. The minimum absolute atomic E-state index is 1.06. The second-order valence-corrected chi connectivity index (χ2v) is 3.42. The maximum Gasteiger partial charge on any atom is 0.0691 e. The molecule has 11 heavy (non-hydrogen) atoms. The number of aryl methyl sites for hydroxylation is 1. The SMILES string of the molecule is Cc1cc(Br)cn2nccc12. The average molecular weight is 211 g/mol. The zero-order chi connectivity index (χ0) is 7.84. The van der Waals surface area contributed by atoms with Crippen molar-refractivity contribution in [2.45, 2.75) is 6.92 Å². The van der Waals surface area contributed by atoms with E-state index in [1.807, 2.05) is 16.8 Å². The first kappa shape index (κ1) is 6.85. The first-order valence-corrected chi connectivity index (χ1v) is 4.16. The Labute approximate surface area is 73.0 Å². The third kappa shape index (κ3) is 1.05. The molecule has 2 heterocycles. The highest BCUT2D eigenvalue weighted by Gasteiger charge is 1.97. The molecule has 0 aliphatic rings. The number of hydrogen-bond acceptors (Lipinski definition) is 1. The van der Waals surface area contributed by atoms with E-state index in [-0.39, 0.29) is 0 Å². The zero-order valence-corrected chi connectivity index (χ0v) is 7.67. The monoisotopic (exact) mass is 210 g/mol. The summed E-state index contributed by atoms with van der Waals surface area (Å²) in [5, 5.41) is 4.13. The second kappa shape index (κ2) is 2.34. The molecular formula is C8H7BrN2. The predicted molar refractivity (Wildman–Crippen MR) is 47.6 cm³/mol. The summed E-state index contributed by atoms with van der Waals surface area (Å²) in [4.78, 5) is 0. The van der Waals surface area contributed by atoms with Crippen molar-refractivity contribution in [2.75, 3.05) is 0 Å². The molecule has 56 valence electrons. The van der Waals surface area contributed by atoms with Crippen molar-refractivity contribution in [3.05, 3.63) is 34.6 Å². The van der Waals surface area contributed by atoms with Crippen LogP contribution in [0.4, 0.5) is 0 Å². The van der Waals surface area contributed by atoms with E-state index >= 15 is 0 Å². The van der Waals surface area contributed by atoms with Crippen LogP contribution in [0.5, 0.6) is 0 Å². The number of fused-ring (bicyclic) bond motifs is 1. The summed E-state index contributed by atoms with van der Waals surface area (Å²) < 4.78 is 2.92. The van der Waals surface area contributed by atoms with Crippen LogP contribution >= 0.6 is 15.9 Å². The van der Waals surface area contributed by atoms with Crippen LogP contribution in [0.1, 0.15) is 5.56 Å². The summed E-state index contributed by atoms with van der Waals surface area (Å²) in [5.74, 6) is 0. The van der Waals surface area contributed by atoms with E-state index in [0.29, 0.717) is 0 Å². The second-order valence-electron chi connectivity index (χ2n) is 2.50. The number of pyridine rings is 1. The quantitative estimate of drug-likeness (QED) is 0.653. The Morgan fingerprint density at radius 1 is 1.55 bits per heavy atom. The Balaban J connectivity index is 2.91. The average Bonchev–Trinajstić information content (AvgIpc) is 2.34. The van der Waals surface area contributed by atoms with Gasteiger partial charge in [0.1, 0.15) is 0 Å². The first-order chi connectivity index (χ1) is 5.27. The van der Waals surface area contributed by atoms with Crippen LogP contribution in [0.15, 0.2) is 29.0 Å². The third-order valence-corrected chi connectivity index (χ3v) is 2.11. The van der Waals surface area contributed by atoms with Gasteiger partial charge in [0.2, 0.25) is 0 Å². The van der Waals surface area contributed by atoms with Crippen molar-refractivity contribution in [2.24, 2.45) is 0 Å². The van der Waals surface area contributed by atoms with Crippen LogP contribution in [-0.4, -0.2) is 9.61 Å². The van der Waals surface area contributed by atoms with Gasteiger partial charge in [-0.2, -0.15) is 5.10 Å². The van der Waals surface area contributed by atoms with Crippen molar-refractivity contribution in [1.29, 1.82) is 0 Å². The van der Waals surface area contributed by atoms with E-state index in [1.54, 1.807) is 6.20 Å². The van der Waals surface area contributed by atoms with Gasteiger partial charge in [-0.25, -0.2) is 4.52 Å². The number of aromatic nitrogens is 2. The number of halogens is 1. The topological polar surface area (TPSA) is 17.3 Å². The summed E-state index contributed by atoms with van der Waals surface area (Å²) >= 11 is 3.41. The summed E-state index contributed by atoms with van der Waals surface area (Å²) in [6.07, 6.45) is 3.75. The Kier molecular flexibility index (Phi) is 1.46. The molecule has 0 spiro atoms. The van der Waals surface area contributed by atoms with Gasteiger partial charge in [0, 0.05) is 16.9 Å². The van der Waals surface area contributed by atoms with E-state index in [2.05, 4.69) is 34.0 Å². The van der Waals surface area contributed by atoms with Crippen LogP contribution in [0.3, 0.4) is 0 Å². The molecule has 2 nitrogen and oxygen atoms in total. The molecule has 0 aliphatic carbocycles. The molecule has 0 N–H and O–H groups in total. The highest BCUT2D eigenvalue weighted by atomic mass is 79.9. The molecule has 2 rings (SSSR count). The van der Waals surface area contributed by atoms with E-state index < -0.39 is 0 Å². The Morgan fingerprint density at radius 2 is 2.36 bits per heavy atom. The Morgan fingerprint density at radius 3 is 3.18 bits per heavy atom. The van der Waals surface area contributed by atoms with Crippen molar-refractivity contribution < 1.29 is 0 Å². The summed E-state index contributed by atoms with van der Waals surface area (Å²) in [6, 6.07) is 4.08. The lowest BCUT2D eigenvalue weighted by molar-refractivity contribution is 0.951. The molecule has 0 saturated heterocycles. The summed E-state index contributed by atoms with van der Waals surface area (Å²) in [5.41, 5.74) is 2.39. The fourth-order valence-corrected chi connectivity index (χ4v) is 1.70. The summed E-state index contributed by atoms with van der Waals surface area (Å²) in [7, 11) is 0. The van der Waals surface area contributed by atoms with E-state index in [1.165, 1.54) is 5.56 Å². The van der Waals surface area contributed by atoms with Crippen molar-refractivity contribution >= 4 is 21.4 Å². The van der Waals surface area contributed by atoms with Crippen molar-refractivity contribution in [3.8, 4) is 0 Å². The lowest BCUT2D eigenvalue weighted by atomic mass is 10.2.